The van der Waals surface area contributed by atoms with Crippen molar-refractivity contribution in [3.8, 4) is 0 Å². The third-order valence-corrected chi connectivity index (χ3v) is 5.15. The van der Waals surface area contributed by atoms with Crippen molar-refractivity contribution < 1.29 is 0 Å². The summed E-state index contributed by atoms with van der Waals surface area (Å²) in [7, 11) is 2.26. The molecule has 1 aromatic heterocycles. The van der Waals surface area contributed by atoms with Crippen molar-refractivity contribution in [2.75, 3.05) is 13.6 Å². The van der Waals surface area contributed by atoms with Gasteiger partial charge in [0.05, 0.1) is 0 Å². The molecule has 0 saturated heterocycles. The summed E-state index contributed by atoms with van der Waals surface area (Å²) < 4.78 is 0. The molecule has 2 fully saturated rings. The highest BCUT2D eigenvalue weighted by atomic mass is 32.1. The lowest BCUT2D eigenvalue weighted by Crippen LogP contribution is -2.28. The van der Waals surface area contributed by atoms with Crippen LogP contribution in [0.15, 0.2) is 12.1 Å². The van der Waals surface area contributed by atoms with Crippen molar-refractivity contribution in [2.45, 2.75) is 51.2 Å². The lowest BCUT2D eigenvalue weighted by Gasteiger charge is -2.29. The molecule has 1 N–H and O–H groups in total. The second-order valence-corrected chi connectivity index (χ2v) is 7.27. The van der Waals surface area contributed by atoms with E-state index in [-0.39, 0.29) is 0 Å². The van der Waals surface area contributed by atoms with E-state index in [2.05, 4.69) is 29.4 Å². The molecule has 1 aromatic rings. The van der Waals surface area contributed by atoms with Crippen LogP contribution in [0.4, 0.5) is 0 Å². The monoisotopic (exact) mass is 264 g/mol. The fourth-order valence-corrected chi connectivity index (χ4v) is 3.63. The SMILES string of the molecule is CN(Cc1ccc(CNC2CC2)s1)CC1CCC1. The zero-order valence-electron chi connectivity index (χ0n) is 11.3. The second kappa shape index (κ2) is 5.72. The van der Waals surface area contributed by atoms with E-state index in [9.17, 15) is 0 Å². The summed E-state index contributed by atoms with van der Waals surface area (Å²) in [6.07, 6.45) is 7.11. The lowest BCUT2D eigenvalue weighted by molar-refractivity contribution is 0.201. The quantitative estimate of drug-likeness (QED) is 0.813. The summed E-state index contributed by atoms with van der Waals surface area (Å²) in [5, 5.41) is 3.59. The smallest absolute Gasteiger partial charge is 0.0325 e. The van der Waals surface area contributed by atoms with Crippen molar-refractivity contribution in [1.82, 2.24) is 10.2 Å². The fraction of sp³-hybridized carbons (Fsp3) is 0.733. The minimum Gasteiger partial charge on any atom is -0.309 e. The van der Waals surface area contributed by atoms with Crippen LogP contribution in [0.3, 0.4) is 0 Å². The van der Waals surface area contributed by atoms with Gasteiger partial charge in [-0.15, -0.1) is 11.3 Å². The molecule has 0 aliphatic heterocycles. The number of rotatable bonds is 7. The maximum Gasteiger partial charge on any atom is 0.0325 e. The average molecular weight is 264 g/mol. The van der Waals surface area contributed by atoms with E-state index >= 15 is 0 Å². The molecule has 0 aromatic carbocycles. The Morgan fingerprint density at radius 1 is 1.22 bits per heavy atom. The van der Waals surface area contributed by atoms with E-state index in [1.807, 2.05) is 11.3 Å². The molecular weight excluding hydrogens is 240 g/mol. The molecule has 18 heavy (non-hydrogen) atoms. The summed E-state index contributed by atoms with van der Waals surface area (Å²) in [4.78, 5) is 5.51. The first kappa shape index (κ1) is 12.6. The summed E-state index contributed by atoms with van der Waals surface area (Å²) in [5.41, 5.74) is 0. The largest absolute Gasteiger partial charge is 0.309 e. The predicted octanol–water partition coefficient (Wildman–Crippen LogP) is 3.23. The Kier molecular flexibility index (Phi) is 4.02. The van der Waals surface area contributed by atoms with Crippen molar-refractivity contribution in [1.29, 1.82) is 0 Å². The van der Waals surface area contributed by atoms with E-state index in [0.717, 1.165) is 25.0 Å². The van der Waals surface area contributed by atoms with Crippen molar-refractivity contribution in [3.05, 3.63) is 21.9 Å². The number of nitrogens with one attached hydrogen (secondary N) is 1. The normalized spacial score (nSPS) is 20.3. The van der Waals surface area contributed by atoms with Gasteiger partial charge in [0.1, 0.15) is 0 Å². The summed E-state index contributed by atoms with van der Waals surface area (Å²) >= 11 is 1.98. The molecule has 0 unspecified atom stereocenters. The van der Waals surface area contributed by atoms with Crippen LogP contribution in [0.1, 0.15) is 41.9 Å². The van der Waals surface area contributed by atoms with Gasteiger partial charge >= 0.3 is 0 Å². The highest BCUT2D eigenvalue weighted by Crippen LogP contribution is 2.28. The number of nitrogens with zero attached hydrogens (tertiary/aromatic N) is 1. The van der Waals surface area contributed by atoms with Gasteiger partial charge in [-0.25, -0.2) is 0 Å². The Morgan fingerprint density at radius 2 is 2.00 bits per heavy atom. The topological polar surface area (TPSA) is 15.3 Å². The van der Waals surface area contributed by atoms with Gasteiger partial charge in [-0.1, -0.05) is 6.42 Å². The Bertz CT molecular complexity index is 380. The zero-order chi connectivity index (χ0) is 12.4. The molecule has 2 aliphatic carbocycles. The fourth-order valence-electron chi connectivity index (χ4n) is 2.58. The summed E-state index contributed by atoms with van der Waals surface area (Å²) in [6, 6.07) is 5.43. The van der Waals surface area contributed by atoms with Crippen molar-refractivity contribution in [3.63, 3.8) is 0 Å². The first-order chi connectivity index (χ1) is 8.79. The summed E-state index contributed by atoms with van der Waals surface area (Å²) in [5.74, 6) is 0.978. The number of hydrogen-bond acceptors (Lipinski definition) is 3. The molecule has 3 heteroatoms. The Morgan fingerprint density at radius 3 is 2.67 bits per heavy atom. The highest BCUT2D eigenvalue weighted by Gasteiger charge is 2.21. The Balaban J connectivity index is 1.42. The molecular formula is C15H24N2S. The van der Waals surface area contributed by atoms with Gasteiger partial charge in [0.2, 0.25) is 0 Å². The van der Waals surface area contributed by atoms with Crippen molar-refractivity contribution in [2.24, 2.45) is 5.92 Å². The first-order valence-corrected chi connectivity index (χ1v) is 8.11. The molecule has 0 spiro atoms. The molecule has 2 saturated carbocycles. The van der Waals surface area contributed by atoms with Gasteiger partial charge in [0, 0.05) is 35.4 Å². The van der Waals surface area contributed by atoms with E-state index in [4.69, 9.17) is 0 Å². The molecule has 0 bridgehead atoms. The van der Waals surface area contributed by atoms with Gasteiger partial charge < -0.3 is 10.2 Å². The molecule has 1 heterocycles. The molecule has 0 radical (unpaired) electrons. The molecule has 100 valence electrons. The van der Waals surface area contributed by atoms with E-state index in [1.165, 1.54) is 48.4 Å². The van der Waals surface area contributed by atoms with Crippen LogP contribution in [0.2, 0.25) is 0 Å². The van der Waals surface area contributed by atoms with Gasteiger partial charge in [0.25, 0.3) is 0 Å². The third kappa shape index (κ3) is 3.56. The first-order valence-electron chi connectivity index (χ1n) is 7.29. The van der Waals surface area contributed by atoms with Crippen LogP contribution in [-0.2, 0) is 13.1 Å². The Labute approximate surface area is 114 Å². The average Bonchev–Trinajstić information content (AvgIpc) is 3.03. The van der Waals surface area contributed by atoms with Gasteiger partial charge in [-0.2, -0.15) is 0 Å². The maximum atomic E-state index is 3.59. The maximum absolute atomic E-state index is 3.59. The second-order valence-electron chi connectivity index (χ2n) is 6.02. The standard InChI is InChI=1S/C15H24N2S/c1-17(10-12-3-2-4-12)11-15-8-7-14(18-15)9-16-13-5-6-13/h7-8,12-13,16H,2-6,9-11H2,1H3. The molecule has 0 amide bonds. The van der Waals surface area contributed by atoms with E-state index in [1.54, 1.807) is 0 Å². The number of hydrogen-bond donors (Lipinski definition) is 1. The molecule has 0 atom stereocenters. The van der Waals surface area contributed by atoms with Crippen LogP contribution < -0.4 is 5.32 Å². The van der Waals surface area contributed by atoms with E-state index < -0.39 is 0 Å². The summed E-state index contributed by atoms with van der Waals surface area (Å²) in [6.45, 7) is 3.49. The van der Waals surface area contributed by atoms with Crippen LogP contribution in [0, 0.1) is 5.92 Å². The van der Waals surface area contributed by atoms with Gasteiger partial charge in [-0.05, 0) is 50.8 Å². The predicted molar refractivity (Wildman–Crippen MR) is 77.9 cm³/mol. The van der Waals surface area contributed by atoms with Crippen LogP contribution in [0.25, 0.3) is 0 Å². The minimum atomic E-state index is 0.817. The van der Waals surface area contributed by atoms with Gasteiger partial charge in [-0.3, -0.25) is 0 Å². The van der Waals surface area contributed by atoms with Crippen molar-refractivity contribution >= 4 is 11.3 Å². The number of thiophene rings is 1. The third-order valence-electron chi connectivity index (χ3n) is 4.08. The molecule has 2 aliphatic rings. The Hall–Kier alpha value is -0.380. The van der Waals surface area contributed by atoms with Crippen LogP contribution >= 0.6 is 11.3 Å². The van der Waals surface area contributed by atoms with Crippen LogP contribution in [0.5, 0.6) is 0 Å². The lowest BCUT2D eigenvalue weighted by atomic mass is 9.85. The molecule has 2 nitrogen and oxygen atoms in total. The highest BCUT2D eigenvalue weighted by molar-refractivity contribution is 7.11. The minimum absolute atomic E-state index is 0.817. The van der Waals surface area contributed by atoms with Crippen LogP contribution in [-0.4, -0.2) is 24.5 Å². The zero-order valence-corrected chi connectivity index (χ0v) is 12.1. The van der Waals surface area contributed by atoms with E-state index in [0.29, 0.717) is 0 Å². The van der Waals surface area contributed by atoms with Gasteiger partial charge in [0.15, 0.2) is 0 Å². The molecule has 3 rings (SSSR count).